The van der Waals surface area contributed by atoms with Gasteiger partial charge in [-0.25, -0.2) is 23.4 Å². The van der Waals surface area contributed by atoms with Crippen LogP contribution < -0.4 is 5.32 Å². The maximum absolute atomic E-state index is 13.4. The number of aryl methyl sites for hydroxylation is 3. The van der Waals surface area contributed by atoms with Crippen molar-refractivity contribution in [3.63, 3.8) is 0 Å². The molecule has 0 bridgehead atoms. The highest BCUT2D eigenvalue weighted by atomic mass is 32.1. The van der Waals surface area contributed by atoms with E-state index >= 15 is 0 Å². The Morgan fingerprint density at radius 3 is 2.75 bits per heavy atom. The number of carbonyl (C=O) groups is 1. The van der Waals surface area contributed by atoms with E-state index in [1.165, 1.54) is 22.1 Å². The highest BCUT2D eigenvalue weighted by molar-refractivity contribution is 7.22. The number of anilines is 1. The van der Waals surface area contributed by atoms with Gasteiger partial charge in [0.25, 0.3) is 6.43 Å². The van der Waals surface area contributed by atoms with Crippen LogP contribution in [0.4, 0.5) is 13.9 Å². The summed E-state index contributed by atoms with van der Waals surface area (Å²) in [5, 5.41) is 7.80. The van der Waals surface area contributed by atoms with E-state index < -0.39 is 6.43 Å². The third kappa shape index (κ3) is 3.22. The molecule has 4 rings (SSSR count). The van der Waals surface area contributed by atoms with Crippen molar-refractivity contribution >= 4 is 43.6 Å². The fourth-order valence-corrected chi connectivity index (χ4v) is 4.19. The van der Waals surface area contributed by atoms with Crippen molar-refractivity contribution in [3.8, 4) is 0 Å². The number of thiazole rings is 1. The van der Waals surface area contributed by atoms with Crippen LogP contribution in [0.25, 0.3) is 21.3 Å². The van der Waals surface area contributed by atoms with Crippen LogP contribution in [0.3, 0.4) is 0 Å². The van der Waals surface area contributed by atoms with Crippen molar-refractivity contribution in [2.75, 3.05) is 5.32 Å². The van der Waals surface area contributed by atoms with Gasteiger partial charge in [0.05, 0.1) is 21.3 Å². The molecule has 0 fully saturated rings. The van der Waals surface area contributed by atoms with E-state index in [1.54, 1.807) is 13.8 Å². The van der Waals surface area contributed by atoms with Gasteiger partial charge in [0.1, 0.15) is 6.54 Å². The highest BCUT2D eigenvalue weighted by Gasteiger charge is 2.21. The molecule has 0 aliphatic heterocycles. The Labute approximate surface area is 163 Å². The molecule has 0 unspecified atom stereocenters. The Kier molecular flexibility index (Phi) is 4.54. The third-order valence-corrected chi connectivity index (χ3v) is 5.37. The lowest BCUT2D eigenvalue weighted by molar-refractivity contribution is -0.116. The van der Waals surface area contributed by atoms with Gasteiger partial charge >= 0.3 is 0 Å². The second-order valence-electron chi connectivity index (χ2n) is 6.58. The molecule has 4 aromatic rings. The number of nitrogens with zero attached hydrogens (tertiary/aromatic N) is 4. The van der Waals surface area contributed by atoms with E-state index in [1.807, 2.05) is 25.1 Å². The molecule has 28 heavy (non-hydrogen) atoms. The summed E-state index contributed by atoms with van der Waals surface area (Å²) in [5.41, 5.74) is 2.91. The van der Waals surface area contributed by atoms with Gasteiger partial charge < -0.3 is 5.32 Å². The molecule has 9 heteroatoms. The summed E-state index contributed by atoms with van der Waals surface area (Å²) >= 11 is 1.38. The molecular formula is C19H17F2N5OS. The first kappa shape index (κ1) is 18.4. The zero-order valence-corrected chi connectivity index (χ0v) is 16.3. The Morgan fingerprint density at radius 2 is 2.04 bits per heavy atom. The van der Waals surface area contributed by atoms with E-state index in [9.17, 15) is 13.6 Å². The molecule has 3 heterocycles. The van der Waals surface area contributed by atoms with Crippen LogP contribution in [0.15, 0.2) is 24.3 Å². The molecule has 0 radical (unpaired) electrons. The van der Waals surface area contributed by atoms with Gasteiger partial charge in [-0.3, -0.25) is 4.79 Å². The minimum absolute atomic E-state index is 0.117. The zero-order valence-electron chi connectivity index (χ0n) is 15.5. The Morgan fingerprint density at radius 1 is 1.25 bits per heavy atom. The van der Waals surface area contributed by atoms with Crippen LogP contribution in [-0.2, 0) is 11.3 Å². The number of fused-ring (bicyclic) bond motifs is 2. The quantitative estimate of drug-likeness (QED) is 0.545. The third-order valence-electron chi connectivity index (χ3n) is 4.43. The predicted octanol–water partition coefficient (Wildman–Crippen LogP) is 4.54. The summed E-state index contributed by atoms with van der Waals surface area (Å²) in [6, 6.07) is 7.20. The van der Waals surface area contributed by atoms with Gasteiger partial charge in [-0.05, 0) is 38.5 Å². The topological polar surface area (TPSA) is 72.7 Å². The number of benzene rings is 1. The average Bonchev–Trinajstić information content (AvgIpc) is 3.16. The van der Waals surface area contributed by atoms with Crippen LogP contribution in [0.2, 0.25) is 0 Å². The molecule has 0 aliphatic rings. The molecule has 144 valence electrons. The van der Waals surface area contributed by atoms with Crippen molar-refractivity contribution in [1.29, 1.82) is 0 Å². The summed E-state index contributed by atoms with van der Waals surface area (Å²) in [5.74, 6) is -0.344. The minimum atomic E-state index is -2.64. The van der Waals surface area contributed by atoms with Crippen LogP contribution >= 0.6 is 11.3 Å². The zero-order chi connectivity index (χ0) is 20.0. The number of para-hydroxylation sites is 1. The van der Waals surface area contributed by atoms with Crippen molar-refractivity contribution in [1.82, 2.24) is 19.7 Å². The van der Waals surface area contributed by atoms with Crippen molar-refractivity contribution in [3.05, 3.63) is 46.8 Å². The first-order valence-corrected chi connectivity index (χ1v) is 9.44. The summed E-state index contributed by atoms with van der Waals surface area (Å²) in [7, 11) is 0. The van der Waals surface area contributed by atoms with Crippen LogP contribution in [0, 0.1) is 20.8 Å². The van der Waals surface area contributed by atoms with Gasteiger partial charge in [0, 0.05) is 11.3 Å². The summed E-state index contributed by atoms with van der Waals surface area (Å²) < 4.78 is 29.1. The fraction of sp³-hybridized carbons (Fsp3) is 0.263. The lowest BCUT2D eigenvalue weighted by Gasteiger charge is -2.06. The number of amides is 1. The molecule has 1 amide bonds. The number of alkyl halides is 2. The molecule has 0 saturated carbocycles. The fourth-order valence-electron chi connectivity index (χ4n) is 3.23. The Hall–Kier alpha value is -2.94. The molecule has 1 N–H and O–H groups in total. The van der Waals surface area contributed by atoms with Gasteiger partial charge in [-0.1, -0.05) is 23.5 Å². The average molecular weight is 401 g/mol. The lowest BCUT2D eigenvalue weighted by atomic mass is 10.1. The molecule has 0 saturated heterocycles. The van der Waals surface area contributed by atoms with E-state index in [0.29, 0.717) is 21.9 Å². The number of halogens is 2. The van der Waals surface area contributed by atoms with Crippen molar-refractivity contribution in [2.45, 2.75) is 33.7 Å². The SMILES string of the molecule is Cc1cc(C(F)F)c2c(C)nn(CC(=O)Nc3nc4c(C)cccc4s3)c2n1. The first-order valence-electron chi connectivity index (χ1n) is 8.62. The van der Waals surface area contributed by atoms with Crippen LogP contribution in [0.1, 0.15) is 28.9 Å². The number of nitrogens with one attached hydrogen (secondary N) is 1. The smallest absolute Gasteiger partial charge is 0.264 e. The number of pyridine rings is 1. The monoisotopic (exact) mass is 401 g/mol. The van der Waals surface area contributed by atoms with Gasteiger partial charge in [-0.15, -0.1) is 0 Å². The molecule has 0 spiro atoms. The molecule has 0 atom stereocenters. The molecule has 1 aromatic carbocycles. The Balaban J connectivity index is 1.64. The van der Waals surface area contributed by atoms with Crippen molar-refractivity contribution in [2.24, 2.45) is 0 Å². The summed E-state index contributed by atoms with van der Waals surface area (Å²) in [6.07, 6.45) is -2.64. The lowest BCUT2D eigenvalue weighted by Crippen LogP contribution is -2.19. The summed E-state index contributed by atoms with van der Waals surface area (Å²) in [4.78, 5) is 21.3. The number of hydrogen-bond donors (Lipinski definition) is 1. The minimum Gasteiger partial charge on any atom is -0.300 e. The van der Waals surface area contributed by atoms with E-state index in [-0.39, 0.29) is 23.7 Å². The van der Waals surface area contributed by atoms with Crippen LogP contribution in [0.5, 0.6) is 0 Å². The summed E-state index contributed by atoms with van der Waals surface area (Å²) in [6.45, 7) is 5.09. The van der Waals surface area contributed by atoms with Crippen LogP contribution in [-0.4, -0.2) is 25.7 Å². The standard InChI is InChI=1S/C19H17F2N5OS/c1-9-5-4-6-13-16(9)24-19(28-13)23-14(27)8-26-18-15(11(3)25-26)12(17(20)21)7-10(2)22-18/h4-7,17H,8H2,1-3H3,(H,23,24,27). The predicted molar refractivity (Wildman–Crippen MR) is 105 cm³/mol. The molecule has 0 aliphatic carbocycles. The van der Waals surface area contributed by atoms with Gasteiger partial charge in [-0.2, -0.15) is 5.10 Å². The van der Waals surface area contributed by atoms with Crippen molar-refractivity contribution < 1.29 is 13.6 Å². The maximum atomic E-state index is 13.4. The second kappa shape index (κ2) is 6.90. The highest BCUT2D eigenvalue weighted by Crippen LogP contribution is 2.30. The van der Waals surface area contributed by atoms with E-state index in [0.717, 1.165) is 15.8 Å². The molecule has 3 aromatic heterocycles. The second-order valence-corrected chi connectivity index (χ2v) is 7.61. The molecule has 6 nitrogen and oxygen atoms in total. The number of aromatic nitrogens is 4. The number of rotatable bonds is 4. The first-order chi connectivity index (χ1) is 13.3. The number of carbonyl (C=O) groups excluding carboxylic acids is 1. The Bertz CT molecular complexity index is 1210. The van der Waals surface area contributed by atoms with E-state index in [2.05, 4.69) is 20.4 Å². The molecular weight excluding hydrogens is 384 g/mol. The normalized spacial score (nSPS) is 11.6. The largest absolute Gasteiger partial charge is 0.300 e. The van der Waals surface area contributed by atoms with E-state index in [4.69, 9.17) is 0 Å². The number of hydrogen-bond acceptors (Lipinski definition) is 5. The van der Waals surface area contributed by atoms with Gasteiger partial charge in [0.15, 0.2) is 10.8 Å². The van der Waals surface area contributed by atoms with Gasteiger partial charge in [0.2, 0.25) is 5.91 Å². The maximum Gasteiger partial charge on any atom is 0.264 e.